The second-order valence-corrected chi connectivity index (χ2v) is 9.11. The lowest BCUT2D eigenvalue weighted by Crippen LogP contribution is -2.54. The van der Waals surface area contributed by atoms with E-state index in [-0.39, 0.29) is 17.5 Å². The molecule has 1 unspecified atom stereocenters. The minimum atomic E-state index is -0.147. The van der Waals surface area contributed by atoms with Gasteiger partial charge in [-0.25, -0.2) is 4.79 Å². The van der Waals surface area contributed by atoms with E-state index in [0.29, 0.717) is 24.1 Å². The van der Waals surface area contributed by atoms with Gasteiger partial charge in [-0.3, -0.25) is 9.78 Å². The number of piperidine rings is 1. The first-order chi connectivity index (χ1) is 14.6. The molecule has 2 saturated heterocycles. The summed E-state index contributed by atoms with van der Waals surface area (Å²) in [4.78, 5) is 30.9. The zero-order chi connectivity index (χ0) is 20.8. The number of carbonyl (C=O) groups excluding carboxylic acids is 2. The van der Waals surface area contributed by atoms with Gasteiger partial charge in [-0.05, 0) is 56.6 Å². The molecule has 1 spiro atoms. The third-order valence-electron chi connectivity index (χ3n) is 6.98. The maximum absolute atomic E-state index is 12.6. The van der Waals surface area contributed by atoms with Crippen LogP contribution in [0.4, 0.5) is 4.79 Å². The number of rotatable bonds is 4. The number of nitrogens with zero attached hydrogens (tertiary/aromatic N) is 2. The van der Waals surface area contributed by atoms with Gasteiger partial charge in [-0.1, -0.05) is 19.3 Å². The molecular formula is C23H34N4O3. The number of urea groups is 1. The maximum atomic E-state index is 12.6. The summed E-state index contributed by atoms with van der Waals surface area (Å²) in [6.45, 7) is 2.88. The van der Waals surface area contributed by atoms with Gasteiger partial charge in [0.2, 0.25) is 0 Å². The molecule has 2 aliphatic heterocycles. The predicted molar refractivity (Wildman–Crippen MR) is 114 cm³/mol. The Morgan fingerprint density at radius 2 is 1.83 bits per heavy atom. The van der Waals surface area contributed by atoms with Gasteiger partial charge in [0.15, 0.2) is 0 Å². The third kappa shape index (κ3) is 5.31. The highest BCUT2D eigenvalue weighted by atomic mass is 16.5. The second-order valence-electron chi connectivity index (χ2n) is 9.11. The first-order valence-electron chi connectivity index (χ1n) is 11.5. The Hall–Kier alpha value is -2.15. The Labute approximate surface area is 178 Å². The van der Waals surface area contributed by atoms with Crippen LogP contribution in [-0.4, -0.2) is 59.7 Å². The molecule has 0 bridgehead atoms. The fourth-order valence-corrected chi connectivity index (χ4v) is 5.12. The normalized spacial score (nSPS) is 24.4. The van der Waals surface area contributed by atoms with Gasteiger partial charge in [0.1, 0.15) is 0 Å². The van der Waals surface area contributed by atoms with Crippen molar-refractivity contribution in [2.24, 2.45) is 5.92 Å². The fourth-order valence-electron chi connectivity index (χ4n) is 5.12. The highest BCUT2D eigenvalue weighted by Crippen LogP contribution is 2.37. The first-order valence-corrected chi connectivity index (χ1v) is 11.5. The van der Waals surface area contributed by atoms with Crippen LogP contribution in [0.1, 0.15) is 68.1 Å². The molecular weight excluding hydrogens is 380 g/mol. The first kappa shape index (κ1) is 21.1. The van der Waals surface area contributed by atoms with E-state index in [2.05, 4.69) is 15.6 Å². The standard InChI is InChI=1S/C23H34N4O3/c28-21(19-6-11-24-12-7-19)25-17-18-8-15-30-23(16-18)9-13-27(14-10-23)22(29)26-20-4-2-1-3-5-20/h6-7,11-12,18,20H,1-5,8-10,13-17H2,(H,25,28)(H,26,29). The summed E-state index contributed by atoms with van der Waals surface area (Å²) in [5, 5.41) is 6.30. The number of hydrogen-bond acceptors (Lipinski definition) is 4. The Kier molecular flexibility index (Phi) is 6.87. The van der Waals surface area contributed by atoms with Crippen molar-refractivity contribution in [1.82, 2.24) is 20.5 Å². The molecule has 1 atom stereocenters. The van der Waals surface area contributed by atoms with Gasteiger partial charge in [0.25, 0.3) is 5.91 Å². The fraction of sp³-hybridized carbons (Fsp3) is 0.696. The molecule has 4 rings (SSSR count). The van der Waals surface area contributed by atoms with Gasteiger partial charge in [0.05, 0.1) is 5.60 Å². The van der Waals surface area contributed by atoms with E-state index in [9.17, 15) is 9.59 Å². The lowest BCUT2D eigenvalue weighted by atomic mass is 9.79. The van der Waals surface area contributed by atoms with E-state index in [4.69, 9.17) is 4.74 Å². The molecule has 1 aromatic rings. The van der Waals surface area contributed by atoms with Crippen LogP contribution < -0.4 is 10.6 Å². The molecule has 3 amide bonds. The van der Waals surface area contributed by atoms with Crippen molar-refractivity contribution in [3.8, 4) is 0 Å². The summed E-state index contributed by atoms with van der Waals surface area (Å²) < 4.78 is 6.23. The molecule has 7 nitrogen and oxygen atoms in total. The van der Waals surface area contributed by atoms with Crippen molar-refractivity contribution in [2.75, 3.05) is 26.2 Å². The molecule has 7 heteroatoms. The zero-order valence-corrected chi connectivity index (χ0v) is 17.8. The molecule has 1 aromatic heterocycles. The van der Waals surface area contributed by atoms with Crippen LogP contribution in [0.3, 0.4) is 0 Å². The highest BCUT2D eigenvalue weighted by molar-refractivity contribution is 5.93. The summed E-state index contributed by atoms with van der Waals surface area (Å²) in [6.07, 6.45) is 12.9. The SMILES string of the molecule is O=C(NCC1CCOC2(CCN(C(=O)NC3CCCCC3)CC2)C1)c1ccncc1. The molecule has 164 valence electrons. The molecule has 1 saturated carbocycles. The number of aromatic nitrogens is 1. The third-order valence-corrected chi connectivity index (χ3v) is 6.98. The lowest BCUT2D eigenvalue weighted by molar-refractivity contribution is -0.122. The summed E-state index contributed by atoms with van der Waals surface area (Å²) in [7, 11) is 0. The number of ether oxygens (including phenoxy) is 1. The largest absolute Gasteiger partial charge is 0.375 e. The van der Waals surface area contributed by atoms with Crippen LogP contribution in [0, 0.1) is 5.92 Å². The topological polar surface area (TPSA) is 83.6 Å². The Balaban J connectivity index is 1.23. The maximum Gasteiger partial charge on any atom is 0.317 e. The number of carbonyl (C=O) groups is 2. The van der Waals surface area contributed by atoms with Gasteiger partial charge < -0.3 is 20.3 Å². The number of amides is 3. The van der Waals surface area contributed by atoms with Crippen LogP contribution in [0.2, 0.25) is 0 Å². The summed E-state index contributed by atoms with van der Waals surface area (Å²) in [6, 6.07) is 3.90. The van der Waals surface area contributed by atoms with Crippen molar-refractivity contribution in [1.29, 1.82) is 0 Å². The van der Waals surface area contributed by atoms with Crippen molar-refractivity contribution in [3.63, 3.8) is 0 Å². The number of hydrogen-bond donors (Lipinski definition) is 2. The predicted octanol–water partition coefficient (Wildman–Crippen LogP) is 3.11. The smallest absolute Gasteiger partial charge is 0.317 e. The van der Waals surface area contributed by atoms with Crippen LogP contribution in [0.15, 0.2) is 24.5 Å². The Bertz CT molecular complexity index is 712. The minimum absolute atomic E-state index is 0.0489. The minimum Gasteiger partial charge on any atom is -0.375 e. The lowest BCUT2D eigenvalue weighted by Gasteiger charge is -2.46. The van der Waals surface area contributed by atoms with E-state index in [0.717, 1.165) is 58.2 Å². The van der Waals surface area contributed by atoms with E-state index in [1.807, 2.05) is 4.90 Å². The number of nitrogens with one attached hydrogen (secondary N) is 2. The van der Waals surface area contributed by atoms with Gasteiger partial charge in [-0.15, -0.1) is 0 Å². The van der Waals surface area contributed by atoms with Crippen molar-refractivity contribution >= 4 is 11.9 Å². The molecule has 2 N–H and O–H groups in total. The van der Waals surface area contributed by atoms with E-state index in [1.54, 1.807) is 24.5 Å². The quantitative estimate of drug-likeness (QED) is 0.793. The van der Waals surface area contributed by atoms with E-state index >= 15 is 0 Å². The number of pyridine rings is 1. The van der Waals surface area contributed by atoms with E-state index in [1.165, 1.54) is 19.3 Å². The van der Waals surface area contributed by atoms with Gasteiger partial charge in [0, 0.05) is 50.2 Å². The Morgan fingerprint density at radius 1 is 1.10 bits per heavy atom. The average Bonchev–Trinajstić information content (AvgIpc) is 2.79. The summed E-state index contributed by atoms with van der Waals surface area (Å²) >= 11 is 0. The summed E-state index contributed by atoms with van der Waals surface area (Å²) in [5.74, 6) is 0.360. The van der Waals surface area contributed by atoms with Crippen molar-refractivity contribution in [2.45, 2.75) is 69.4 Å². The average molecular weight is 415 g/mol. The molecule has 0 aromatic carbocycles. The monoisotopic (exact) mass is 414 g/mol. The zero-order valence-electron chi connectivity index (χ0n) is 17.8. The van der Waals surface area contributed by atoms with Crippen LogP contribution in [0.25, 0.3) is 0 Å². The molecule has 3 fully saturated rings. The summed E-state index contributed by atoms with van der Waals surface area (Å²) in [5.41, 5.74) is 0.496. The Morgan fingerprint density at radius 3 is 2.57 bits per heavy atom. The molecule has 1 aliphatic carbocycles. The highest BCUT2D eigenvalue weighted by Gasteiger charge is 2.41. The van der Waals surface area contributed by atoms with Crippen LogP contribution in [0.5, 0.6) is 0 Å². The molecule has 30 heavy (non-hydrogen) atoms. The van der Waals surface area contributed by atoms with Crippen molar-refractivity contribution < 1.29 is 14.3 Å². The molecule has 0 radical (unpaired) electrons. The molecule has 3 aliphatic rings. The van der Waals surface area contributed by atoms with Crippen molar-refractivity contribution in [3.05, 3.63) is 30.1 Å². The van der Waals surface area contributed by atoms with Crippen LogP contribution in [-0.2, 0) is 4.74 Å². The van der Waals surface area contributed by atoms with Gasteiger partial charge in [-0.2, -0.15) is 0 Å². The molecule has 3 heterocycles. The number of likely N-dealkylation sites (tertiary alicyclic amines) is 1. The van der Waals surface area contributed by atoms with Crippen LogP contribution >= 0.6 is 0 Å². The van der Waals surface area contributed by atoms with Gasteiger partial charge >= 0.3 is 6.03 Å². The second kappa shape index (κ2) is 9.77. The van der Waals surface area contributed by atoms with E-state index < -0.39 is 0 Å².